The van der Waals surface area contributed by atoms with E-state index < -0.39 is 0 Å². The van der Waals surface area contributed by atoms with E-state index in [4.69, 9.17) is 17.0 Å². The summed E-state index contributed by atoms with van der Waals surface area (Å²) in [7, 11) is 0. The number of hydrogen-bond acceptors (Lipinski definition) is 4. The largest absolute Gasteiger partial charge is 0.486 e. The Balaban J connectivity index is 1.45. The average Bonchev–Trinajstić information content (AvgIpc) is 3.35. The lowest BCUT2D eigenvalue weighted by Gasteiger charge is -2.14. The second kappa shape index (κ2) is 8.08. The zero-order valence-corrected chi connectivity index (χ0v) is 16.8. The Morgan fingerprint density at radius 1 is 1.26 bits per heavy atom. The van der Waals surface area contributed by atoms with Crippen LogP contribution in [0.2, 0.25) is 0 Å². The van der Waals surface area contributed by atoms with Crippen molar-refractivity contribution in [3.05, 3.63) is 74.4 Å². The average molecular weight is 393 g/mol. The lowest BCUT2D eigenvalue weighted by Crippen LogP contribution is -2.07. The lowest BCUT2D eigenvalue weighted by molar-refractivity contribution is 0.304. The van der Waals surface area contributed by atoms with Crippen molar-refractivity contribution in [3.8, 4) is 17.6 Å². The predicted molar refractivity (Wildman–Crippen MR) is 112 cm³/mol. The van der Waals surface area contributed by atoms with Gasteiger partial charge in [0, 0.05) is 41.4 Å². The molecule has 0 unspecified atom stereocenters. The number of nitrogens with zero attached hydrogens (tertiary/aromatic N) is 2. The van der Waals surface area contributed by atoms with Crippen molar-refractivity contribution in [2.75, 3.05) is 0 Å². The zero-order chi connectivity index (χ0) is 18.6. The SMILES string of the molecule is Cc1cc(OCc2nccs2)cc(=S)n1Cc1ccc(C#CC2CC2)cc1. The van der Waals surface area contributed by atoms with Gasteiger partial charge in [0.05, 0.1) is 0 Å². The summed E-state index contributed by atoms with van der Waals surface area (Å²) in [5.41, 5.74) is 3.37. The minimum absolute atomic E-state index is 0.471. The van der Waals surface area contributed by atoms with Crippen LogP contribution < -0.4 is 4.74 Å². The quantitative estimate of drug-likeness (QED) is 0.431. The van der Waals surface area contributed by atoms with Crippen molar-refractivity contribution < 1.29 is 4.74 Å². The Kier molecular flexibility index (Phi) is 5.38. The standard InChI is InChI=1S/C22H20N2OS2/c1-16-12-20(25-15-21-23-10-11-27-21)13-22(26)24(16)14-19-8-6-18(7-9-19)5-4-17-2-3-17/h6-13,17H,2-3,14-15H2,1H3. The molecule has 1 saturated carbocycles. The molecule has 136 valence electrons. The maximum Gasteiger partial charge on any atom is 0.140 e. The first kappa shape index (κ1) is 18.0. The second-order valence-electron chi connectivity index (χ2n) is 6.71. The Morgan fingerprint density at radius 2 is 2.07 bits per heavy atom. The smallest absolute Gasteiger partial charge is 0.140 e. The summed E-state index contributed by atoms with van der Waals surface area (Å²) in [5.74, 6) is 7.97. The van der Waals surface area contributed by atoms with E-state index in [0.717, 1.165) is 33.2 Å². The first-order valence-electron chi connectivity index (χ1n) is 9.00. The summed E-state index contributed by atoms with van der Waals surface area (Å²) < 4.78 is 8.72. The molecule has 0 aliphatic heterocycles. The topological polar surface area (TPSA) is 27.1 Å². The fourth-order valence-electron chi connectivity index (χ4n) is 2.74. The third kappa shape index (κ3) is 4.85. The van der Waals surface area contributed by atoms with Gasteiger partial charge < -0.3 is 9.30 Å². The Bertz CT molecular complexity index is 1040. The lowest BCUT2D eigenvalue weighted by atomic mass is 10.1. The molecular formula is C22H20N2OS2. The van der Waals surface area contributed by atoms with Gasteiger partial charge in [0.15, 0.2) is 0 Å². The van der Waals surface area contributed by atoms with Gasteiger partial charge in [-0.05, 0) is 43.5 Å². The summed E-state index contributed by atoms with van der Waals surface area (Å²) >= 11 is 7.18. The maximum absolute atomic E-state index is 5.84. The molecule has 0 N–H and O–H groups in total. The fraction of sp³-hybridized carbons (Fsp3) is 0.273. The Labute approximate surface area is 168 Å². The molecular weight excluding hydrogens is 372 g/mol. The second-order valence-corrected chi connectivity index (χ2v) is 8.11. The highest BCUT2D eigenvalue weighted by Crippen LogP contribution is 2.27. The van der Waals surface area contributed by atoms with E-state index in [1.54, 1.807) is 17.5 Å². The molecule has 1 fully saturated rings. The highest BCUT2D eigenvalue weighted by atomic mass is 32.1. The molecule has 0 saturated heterocycles. The van der Waals surface area contributed by atoms with Crippen LogP contribution in [-0.2, 0) is 13.2 Å². The predicted octanol–water partition coefficient (Wildman–Crippen LogP) is 5.37. The molecule has 0 atom stereocenters. The maximum atomic E-state index is 5.84. The van der Waals surface area contributed by atoms with Gasteiger partial charge in [-0.3, -0.25) is 0 Å². The molecule has 0 radical (unpaired) electrons. The van der Waals surface area contributed by atoms with Crippen LogP contribution >= 0.6 is 23.6 Å². The van der Waals surface area contributed by atoms with E-state index in [9.17, 15) is 0 Å². The van der Waals surface area contributed by atoms with Gasteiger partial charge in [-0.2, -0.15) is 0 Å². The number of hydrogen-bond donors (Lipinski definition) is 0. The third-order valence-corrected chi connectivity index (χ3v) is 5.54. The molecule has 3 aromatic rings. The molecule has 2 aromatic heterocycles. The van der Waals surface area contributed by atoms with E-state index in [2.05, 4.69) is 52.6 Å². The van der Waals surface area contributed by atoms with Crippen molar-refractivity contribution in [1.29, 1.82) is 0 Å². The van der Waals surface area contributed by atoms with Crippen LogP contribution in [0, 0.1) is 29.3 Å². The van der Waals surface area contributed by atoms with Crippen molar-refractivity contribution in [2.45, 2.75) is 32.9 Å². The van der Waals surface area contributed by atoms with Crippen molar-refractivity contribution in [3.63, 3.8) is 0 Å². The molecule has 1 aliphatic rings. The molecule has 27 heavy (non-hydrogen) atoms. The highest BCUT2D eigenvalue weighted by Gasteiger charge is 2.17. The van der Waals surface area contributed by atoms with Gasteiger partial charge in [-0.25, -0.2) is 4.98 Å². The van der Waals surface area contributed by atoms with Gasteiger partial charge in [-0.1, -0.05) is 36.2 Å². The van der Waals surface area contributed by atoms with Crippen LogP contribution in [0.5, 0.6) is 5.75 Å². The first-order valence-corrected chi connectivity index (χ1v) is 10.3. The van der Waals surface area contributed by atoms with Gasteiger partial charge >= 0.3 is 0 Å². The normalized spacial score (nSPS) is 13.1. The van der Waals surface area contributed by atoms with Crippen LogP contribution in [0.25, 0.3) is 0 Å². The molecule has 0 spiro atoms. The number of aryl methyl sites for hydroxylation is 1. The number of ether oxygens (including phenoxy) is 1. The summed E-state index contributed by atoms with van der Waals surface area (Å²) in [6.07, 6.45) is 4.30. The van der Waals surface area contributed by atoms with E-state index in [1.165, 1.54) is 18.4 Å². The molecule has 0 amide bonds. The number of thiazole rings is 1. The molecule has 4 rings (SSSR count). The van der Waals surface area contributed by atoms with E-state index >= 15 is 0 Å². The summed E-state index contributed by atoms with van der Waals surface area (Å²) in [5, 5.41) is 2.91. The Morgan fingerprint density at radius 3 is 2.74 bits per heavy atom. The van der Waals surface area contributed by atoms with Gasteiger partial charge in [0.1, 0.15) is 22.0 Å². The van der Waals surface area contributed by atoms with E-state index in [0.29, 0.717) is 12.5 Å². The molecule has 1 aliphatic carbocycles. The zero-order valence-electron chi connectivity index (χ0n) is 15.1. The molecule has 3 nitrogen and oxygen atoms in total. The minimum Gasteiger partial charge on any atom is -0.486 e. The summed E-state index contributed by atoms with van der Waals surface area (Å²) in [4.78, 5) is 4.24. The van der Waals surface area contributed by atoms with Crippen molar-refractivity contribution >= 4 is 23.6 Å². The number of pyridine rings is 1. The van der Waals surface area contributed by atoms with Crippen LogP contribution in [0.3, 0.4) is 0 Å². The molecule has 1 aromatic carbocycles. The van der Waals surface area contributed by atoms with Gasteiger partial charge in [-0.15, -0.1) is 11.3 Å². The molecule has 0 bridgehead atoms. The monoisotopic (exact) mass is 392 g/mol. The summed E-state index contributed by atoms with van der Waals surface area (Å²) in [6.45, 7) is 3.27. The highest BCUT2D eigenvalue weighted by molar-refractivity contribution is 7.71. The minimum atomic E-state index is 0.471. The number of rotatable bonds is 5. The van der Waals surface area contributed by atoms with Crippen LogP contribution in [0.1, 0.15) is 34.7 Å². The molecule has 5 heteroatoms. The Hall–Kier alpha value is -2.42. The summed E-state index contributed by atoms with van der Waals surface area (Å²) in [6, 6.07) is 12.4. The van der Waals surface area contributed by atoms with Crippen LogP contribution in [-0.4, -0.2) is 9.55 Å². The number of aromatic nitrogens is 2. The number of benzene rings is 1. The van der Waals surface area contributed by atoms with Gasteiger partial charge in [0.2, 0.25) is 0 Å². The van der Waals surface area contributed by atoms with Crippen molar-refractivity contribution in [1.82, 2.24) is 9.55 Å². The first-order chi connectivity index (χ1) is 13.2. The van der Waals surface area contributed by atoms with Crippen molar-refractivity contribution in [2.24, 2.45) is 5.92 Å². The fourth-order valence-corrected chi connectivity index (χ4v) is 3.60. The van der Waals surface area contributed by atoms with Crippen LogP contribution in [0.15, 0.2) is 48.0 Å². The van der Waals surface area contributed by atoms with E-state index in [-0.39, 0.29) is 0 Å². The third-order valence-electron chi connectivity index (χ3n) is 4.45. The van der Waals surface area contributed by atoms with E-state index in [1.807, 2.05) is 17.5 Å². The van der Waals surface area contributed by atoms with Gasteiger partial charge in [0.25, 0.3) is 0 Å². The molecule has 2 heterocycles. The van der Waals surface area contributed by atoms with Crippen LogP contribution in [0.4, 0.5) is 0 Å².